The van der Waals surface area contributed by atoms with Crippen molar-refractivity contribution >= 4 is 11.9 Å². The Kier molecular flexibility index (Phi) is 5.51. The van der Waals surface area contributed by atoms with Crippen LogP contribution in [0.4, 0.5) is 0 Å². The minimum absolute atomic E-state index is 0.0306. The summed E-state index contributed by atoms with van der Waals surface area (Å²) in [5.74, 6) is -0.158. The summed E-state index contributed by atoms with van der Waals surface area (Å²) >= 11 is 0. The number of hydrogen-bond donors (Lipinski definition) is 1. The number of hydrogen-bond acceptors (Lipinski definition) is 3. The van der Waals surface area contributed by atoms with Gasteiger partial charge in [0.1, 0.15) is 0 Å². The molecule has 2 fully saturated rings. The Hall–Kier alpha value is -1.88. The van der Waals surface area contributed by atoms with Crippen molar-refractivity contribution in [1.29, 1.82) is 0 Å². The van der Waals surface area contributed by atoms with Gasteiger partial charge in [-0.3, -0.25) is 4.79 Å². The van der Waals surface area contributed by atoms with Crippen LogP contribution in [-0.4, -0.2) is 48.2 Å². The van der Waals surface area contributed by atoms with Crippen molar-refractivity contribution in [3.8, 4) is 0 Å². The van der Waals surface area contributed by atoms with Gasteiger partial charge in [0.2, 0.25) is 5.91 Å². The summed E-state index contributed by atoms with van der Waals surface area (Å²) in [7, 11) is 0. The number of rotatable bonds is 4. The molecule has 5 heteroatoms. The van der Waals surface area contributed by atoms with E-state index in [4.69, 9.17) is 4.74 Å². The van der Waals surface area contributed by atoms with E-state index in [0.29, 0.717) is 18.1 Å². The van der Waals surface area contributed by atoms with Crippen LogP contribution in [0.3, 0.4) is 0 Å². The summed E-state index contributed by atoms with van der Waals surface area (Å²) in [6.07, 6.45) is 4.56. The average Bonchev–Trinajstić information content (AvgIpc) is 2.63. The van der Waals surface area contributed by atoms with Crippen LogP contribution in [0.15, 0.2) is 24.3 Å². The first kappa shape index (κ1) is 17.0. The van der Waals surface area contributed by atoms with Gasteiger partial charge in [0.25, 0.3) is 0 Å². The highest BCUT2D eigenvalue weighted by molar-refractivity contribution is 5.89. The Morgan fingerprint density at radius 2 is 1.92 bits per heavy atom. The molecule has 3 rings (SSSR count). The smallest absolute Gasteiger partial charge is 0.335 e. The van der Waals surface area contributed by atoms with Gasteiger partial charge < -0.3 is 14.7 Å². The predicted octanol–water partition coefficient (Wildman–Crippen LogP) is 2.59. The van der Waals surface area contributed by atoms with Crippen LogP contribution < -0.4 is 0 Å². The number of likely N-dealkylation sites (tertiary alicyclic amines) is 1. The second kappa shape index (κ2) is 7.79. The van der Waals surface area contributed by atoms with E-state index in [1.807, 2.05) is 17.0 Å². The molecule has 0 bridgehead atoms. The molecule has 0 radical (unpaired) electrons. The number of carbonyl (C=O) groups excluding carboxylic acids is 1. The predicted molar refractivity (Wildman–Crippen MR) is 90.0 cm³/mol. The first-order chi connectivity index (χ1) is 11.6. The highest BCUT2D eigenvalue weighted by Gasteiger charge is 2.29. The van der Waals surface area contributed by atoms with E-state index >= 15 is 0 Å². The van der Waals surface area contributed by atoms with Crippen LogP contribution in [0.1, 0.15) is 41.6 Å². The standard InChI is InChI=1S/C19H25NO4/c21-18(16-5-3-11-24-13-16)20-9-7-14(8-10-20)12-15-4-1-2-6-17(15)19(22)23/h1-2,4,6,14,16H,3,5,7-13H2,(H,22,23). The molecule has 1 unspecified atom stereocenters. The summed E-state index contributed by atoms with van der Waals surface area (Å²) in [5.41, 5.74) is 1.30. The van der Waals surface area contributed by atoms with Crippen molar-refractivity contribution in [2.45, 2.75) is 32.1 Å². The molecule has 0 aliphatic carbocycles. The Morgan fingerprint density at radius 3 is 2.58 bits per heavy atom. The maximum atomic E-state index is 12.5. The van der Waals surface area contributed by atoms with Crippen LogP contribution in [0, 0.1) is 11.8 Å². The lowest BCUT2D eigenvalue weighted by Gasteiger charge is -2.35. The van der Waals surface area contributed by atoms with Gasteiger partial charge in [-0.15, -0.1) is 0 Å². The second-order valence-corrected chi connectivity index (χ2v) is 6.85. The first-order valence-corrected chi connectivity index (χ1v) is 8.83. The summed E-state index contributed by atoms with van der Waals surface area (Å²) in [6.45, 7) is 2.88. The minimum atomic E-state index is -0.865. The number of aromatic carboxylic acids is 1. The maximum absolute atomic E-state index is 12.5. The van der Waals surface area contributed by atoms with E-state index in [1.54, 1.807) is 12.1 Å². The van der Waals surface area contributed by atoms with Gasteiger partial charge in [0.05, 0.1) is 18.1 Å². The molecule has 2 aliphatic rings. The lowest BCUT2D eigenvalue weighted by molar-refractivity contribution is -0.141. The molecule has 2 saturated heterocycles. The lowest BCUT2D eigenvalue weighted by atomic mass is 9.87. The Balaban J connectivity index is 1.54. The molecular weight excluding hydrogens is 306 g/mol. The molecule has 0 spiro atoms. The zero-order valence-corrected chi connectivity index (χ0v) is 13.9. The van der Waals surface area contributed by atoms with Gasteiger partial charge in [-0.1, -0.05) is 18.2 Å². The number of ether oxygens (including phenoxy) is 1. The number of nitrogens with zero attached hydrogens (tertiary/aromatic N) is 1. The monoisotopic (exact) mass is 331 g/mol. The second-order valence-electron chi connectivity index (χ2n) is 6.85. The van der Waals surface area contributed by atoms with E-state index in [2.05, 4.69) is 0 Å². The van der Waals surface area contributed by atoms with Crippen molar-refractivity contribution < 1.29 is 19.4 Å². The van der Waals surface area contributed by atoms with Crippen LogP contribution in [-0.2, 0) is 16.0 Å². The molecule has 1 aromatic carbocycles. The lowest BCUT2D eigenvalue weighted by Crippen LogP contribution is -2.44. The zero-order valence-electron chi connectivity index (χ0n) is 13.9. The SMILES string of the molecule is O=C(O)c1ccccc1CC1CCN(C(=O)C2CCCOC2)CC1. The van der Waals surface area contributed by atoms with Gasteiger partial charge in [0.15, 0.2) is 0 Å². The molecule has 1 amide bonds. The fraction of sp³-hybridized carbons (Fsp3) is 0.579. The van der Waals surface area contributed by atoms with Crippen LogP contribution >= 0.6 is 0 Å². The third-order valence-electron chi connectivity index (χ3n) is 5.19. The van der Waals surface area contributed by atoms with Gasteiger partial charge in [-0.25, -0.2) is 4.79 Å². The summed E-state index contributed by atoms with van der Waals surface area (Å²) in [5, 5.41) is 9.29. The molecule has 2 aliphatic heterocycles. The molecule has 1 atom stereocenters. The van der Waals surface area contributed by atoms with E-state index in [1.165, 1.54) is 0 Å². The van der Waals surface area contributed by atoms with Crippen molar-refractivity contribution in [3.63, 3.8) is 0 Å². The fourth-order valence-corrected chi connectivity index (χ4v) is 3.77. The molecule has 0 aromatic heterocycles. The van der Waals surface area contributed by atoms with E-state index in [-0.39, 0.29) is 11.8 Å². The number of amides is 1. The van der Waals surface area contributed by atoms with Gasteiger partial charge >= 0.3 is 5.97 Å². The molecule has 5 nitrogen and oxygen atoms in total. The van der Waals surface area contributed by atoms with Gasteiger partial charge in [-0.2, -0.15) is 0 Å². The minimum Gasteiger partial charge on any atom is -0.478 e. The Bertz CT molecular complexity index is 587. The Labute approximate surface area is 142 Å². The van der Waals surface area contributed by atoms with E-state index in [0.717, 1.165) is 57.4 Å². The van der Waals surface area contributed by atoms with Crippen molar-refractivity contribution in [2.75, 3.05) is 26.3 Å². The summed E-state index contributed by atoms with van der Waals surface area (Å²) in [4.78, 5) is 25.8. The average molecular weight is 331 g/mol. The normalized spacial score (nSPS) is 22.3. The highest BCUT2D eigenvalue weighted by Crippen LogP contribution is 2.25. The largest absolute Gasteiger partial charge is 0.478 e. The number of carbonyl (C=O) groups is 2. The highest BCUT2D eigenvalue weighted by atomic mass is 16.5. The van der Waals surface area contributed by atoms with Crippen molar-refractivity contribution in [1.82, 2.24) is 4.90 Å². The molecule has 0 saturated carbocycles. The topological polar surface area (TPSA) is 66.8 Å². The summed E-state index contributed by atoms with van der Waals surface area (Å²) in [6, 6.07) is 7.23. The number of carboxylic acids is 1. The molecule has 130 valence electrons. The third kappa shape index (κ3) is 3.96. The summed E-state index contributed by atoms with van der Waals surface area (Å²) < 4.78 is 5.43. The molecule has 1 N–H and O–H groups in total. The maximum Gasteiger partial charge on any atom is 0.335 e. The molecule has 1 aromatic rings. The fourth-order valence-electron chi connectivity index (χ4n) is 3.77. The van der Waals surface area contributed by atoms with Gasteiger partial charge in [0, 0.05) is 19.7 Å². The zero-order chi connectivity index (χ0) is 16.9. The molecule has 2 heterocycles. The third-order valence-corrected chi connectivity index (χ3v) is 5.19. The molecular formula is C19H25NO4. The van der Waals surface area contributed by atoms with Crippen LogP contribution in [0.5, 0.6) is 0 Å². The Morgan fingerprint density at radius 1 is 1.17 bits per heavy atom. The van der Waals surface area contributed by atoms with E-state index in [9.17, 15) is 14.7 Å². The quantitative estimate of drug-likeness (QED) is 0.921. The molecule has 24 heavy (non-hydrogen) atoms. The van der Waals surface area contributed by atoms with Gasteiger partial charge in [-0.05, 0) is 49.7 Å². The van der Waals surface area contributed by atoms with Crippen molar-refractivity contribution in [2.24, 2.45) is 11.8 Å². The van der Waals surface area contributed by atoms with E-state index < -0.39 is 5.97 Å². The number of carboxylic acid groups (broad SMARTS) is 1. The number of benzene rings is 1. The van der Waals surface area contributed by atoms with Crippen LogP contribution in [0.25, 0.3) is 0 Å². The van der Waals surface area contributed by atoms with Crippen LogP contribution in [0.2, 0.25) is 0 Å². The van der Waals surface area contributed by atoms with Crippen molar-refractivity contribution in [3.05, 3.63) is 35.4 Å². The first-order valence-electron chi connectivity index (χ1n) is 8.83. The number of piperidine rings is 1.